The molecule has 2 aromatic rings. The summed E-state index contributed by atoms with van der Waals surface area (Å²) < 4.78 is 1.84. The molecule has 3 heteroatoms. The third-order valence-corrected chi connectivity index (χ3v) is 3.77. The lowest BCUT2D eigenvalue weighted by Crippen LogP contribution is -2.11. The van der Waals surface area contributed by atoms with Crippen molar-refractivity contribution in [2.24, 2.45) is 7.05 Å². The zero-order valence-electron chi connectivity index (χ0n) is 13.1. The Morgan fingerprint density at radius 3 is 2.35 bits per heavy atom. The summed E-state index contributed by atoms with van der Waals surface area (Å²) in [6.07, 6.45) is 0. The summed E-state index contributed by atoms with van der Waals surface area (Å²) in [6, 6.07) is 8.66. The van der Waals surface area contributed by atoms with Gasteiger partial charge in [0.15, 0.2) is 0 Å². The van der Waals surface area contributed by atoms with Gasteiger partial charge in [-0.25, -0.2) is 4.98 Å². The normalized spacial score (nSPS) is 11.4. The number of benzene rings is 1. The Hall–Kier alpha value is -2.08. The van der Waals surface area contributed by atoms with E-state index in [-0.39, 0.29) is 5.41 Å². The van der Waals surface area contributed by atoms with E-state index in [4.69, 9.17) is 0 Å². The van der Waals surface area contributed by atoms with Gasteiger partial charge >= 0.3 is 0 Å². The van der Waals surface area contributed by atoms with Crippen LogP contribution in [0, 0.1) is 25.2 Å². The molecule has 0 aliphatic heterocycles. The van der Waals surface area contributed by atoms with Crippen molar-refractivity contribution in [2.75, 3.05) is 0 Å². The molecule has 1 heterocycles. The lowest BCUT2D eigenvalue weighted by Gasteiger charge is -2.20. The van der Waals surface area contributed by atoms with E-state index in [0.29, 0.717) is 5.69 Å². The Morgan fingerprint density at radius 2 is 1.85 bits per heavy atom. The molecule has 0 saturated heterocycles. The van der Waals surface area contributed by atoms with Crippen LogP contribution in [0.4, 0.5) is 0 Å². The second-order valence-electron chi connectivity index (χ2n) is 6.31. The van der Waals surface area contributed by atoms with Crippen LogP contribution in [0.1, 0.15) is 43.4 Å². The molecule has 0 aliphatic rings. The zero-order chi connectivity index (χ0) is 15.1. The summed E-state index contributed by atoms with van der Waals surface area (Å²) in [5.74, 6) is 0.857. The third kappa shape index (κ3) is 2.34. The monoisotopic (exact) mass is 267 g/mol. The van der Waals surface area contributed by atoms with E-state index < -0.39 is 0 Å². The Kier molecular flexibility index (Phi) is 3.43. The Morgan fingerprint density at radius 1 is 1.20 bits per heavy atom. The van der Waals surface area contributed by atoms with Crippen LogP contribution in [0.25, 0.3) is 11.3 Å². The Bertz CT molecular complexity index is 694. The molecule has 3 nitrogen and oxygen atoms in total. The molecule has 0 N–H and O–H groups in total. The number of nitriles is 1. The van der Waals surface area contributed by atoms with Crippen molar-refractivity contribution in [1.29, 1.82) is 5.26 Å². The molecule has 2 rings (SSSR count). The van der Waals surface area contributed by atoms with Crippen molar-refractivity contribution in [2.45, 2.75) is 40.0 Å². The molecule has 0 unspecified atom stereocenters. The lowest BCUT2D eigenvalue weighted by atomic mass is 9.85. The highest BCUT2D eigenvalue weighted by Crippen LogP contribution is 2.30. The van der Waals surface area contributed by atoms with Crippen molar-refractivity contribution in [3.8, 4) is 17.3 Å². The summed E-state index contributed by atoms with van der Waals surface area (Å²) in [5.41, 5.74) is 5.02. The molecule has 104 valence electrons. The second-order valence-corrected chi connectivity index (χ2v) is 6.31. The molecule has 0 bridgehead atoms. The van der Waals surface area contributed by atoms with Crippen LogP contribution in [-0.4, -0.2) is 9.55 Å². The minimum Gasteiger partial charge on any atom is -0.323 e. The van der Waals surface area contributed by atoms with Crippen LogP contribution in [0.3, 0.4) is 0 Å². The van der Waals surface area contributed by atoms with Crippen LogP contribution in [0.5, 0.6) is 0 Å². The summed E-state index contributed by atoms with van der Waals surface area (Å²) in [4.78, 5) is 4.54. The number of hydrogen-bond acceptors (Lipinski definition) is 2. The van der Waals surface area contributed by atoms with Gasteiger partial charge in [-0.1, -0.05) is 39.0 Å². The van der Waals surface area contributed by atoms with Gasteiger partial charge in [0.25, 0.3) is 0 Å². The first-order chi connectivity index (χ1) is 9.25. The fraction of sp³-hybridized carbons (Fsp3) is 0.412. The molecule has 0 atom stereocenters. The summed E-state index contributed by atoms with van der Waals surface area (Å²) in [5, 5.41) is 9.34. The van der Waals surface area contributed by atoms with Crippen molar-refractivity contribution in [3.63, 3.8) is 0 Å². The fourth-order valence-electron chi connectivity index (χ4n) is 2.32. The highest BCUT2D eigenvalue weighted by molar-refractivity contribution is 5.69. The van der Waals surface area contributed by atoms with E-state index in [1.165, 1.54) is 5.56 Å². The summed E-state index contributed by atoms with van der Waals surface area (Å²) >= 11 is 0. The smallest absolute Gasteiger partial charge is 0.147 e. The zero-order valence-corrected chi connectivity index (χ0v) is 13.1. The van der Waals surface area contributed by atoms with Crippen molar-refractivity contribution in [1.82, 2.24) is 9.55 Å². The fourth-order valence-corrected chi connectivity index (χ4v) is 2.32. The maximum atomic E-state index is 9.34. The molecule has 0 spiro atoms. The van der Waals surface area contributed by atoms with Crippen molar-refractivity contribution in [3.05, 3.63) is 40.8 Å². The molecule has 20 heavy (non-hydrogen) atoms. The maximum Gasteiger partial charge on any atom is 0.147 e. The molecule has 1 aromatic heterocycles. The van der Waals surface area contributed by atoms with E-state index in [1.807, 2.05) is 18.5 Å². The van der Waals surface area contributed by atoms with Gasteiger partial charge in [-0.15, -0.1) is 0 Å². The molecule has 0 radical (unpaired) electrons. The quantitative estimate of drug-likeness (QED) is 0.787. The number of hydrogen-bond donors (Lipinski definition) is 0. The molecule has 0 aliphatic carbocycles. The van der Waals surface area contributed by atoms with E-state index in [1.54, 1.807) is 0 Å². The Balaban J connectivity index is 2.61. The minimum atomic E-state index is 0.126. The molecule has 0 amide bonds. The average molecular weight is 267 g/mol. The van der Waals surface area contributed by atoms with Gasteiger partial charge in [0.1, 0.15) is 23.3 Å². The highest BCUT2D eigenvalue weighted by atomic mass is 15.1. The largest absolute Gasteiger partial charge is 0.323 e. The number of nitrogens with zero attached hydrogens (tertiary/aromatic N) is 3. The Labute approximate surface area is 120 Å². The first-order valence-corrected chi connectivity index (χ1v) is 6.80. The third-order valence-electron chi connectivity index (χ3n) is 3.77. The lowest BCUT2D eigenvalue weighted by molar-refractivity contribution is 0.590. The van der Waals surface area contributed by atoms with E-state index in [0.717, 1.165) is 22.6 Å². The van der Waals surface area contributed by atoms with Gasteiger partial charge in [-0.05, 0) is 30.4 Å². The first kappa shape index (κ1) is 14.3. The number of aryl methyl sites for hydroxylation is 2. The number of aromatic nitrogens is 2. The number of imidazole rings is 1. The van der Waals surface area contributed by atoms with Crippen LogP contribution in [0.2, 0.25) is 0 Å². The van der Waals surface area contributed by atoms with E-state index in [9.17, 15) is 5.26 Å². The summed E-state index contributed by atoms with van der Waals surface area (Å²) in [6.45, 7) is 10.6. The van der Waals surface area contributed by atoms with Crippen LogP contribution >= 0.6 is 0 Å². The van der Waals surface area contributed by atoms with Gasteiger partial charge in [0.05, 0.1) is 0 Å². The molecule has 0 saturated carbocycles. The van der Waals surface area contributed by atoms with E-state index in [2.05, 4.69) is 56.9 Å². The van der Waals surface area contributed by atoms with Crippen LogP contribution < -0.4 is 0 Å². The van der Waals surface area contributed by atoms with Gasteiger partial charge in [0, 0.05) is 12.6 Å². The number of rotatable bonds is 1. The van der Waals surface area contributed by atoms with Gasteiger partial charge < -0.3 is 4.57 Å². The first-order valence-electron chi connectivity index (χ1n) is 6.80. The topological polar surface area (TPSA) is 41.6 Å². The van der Waals surface area contributed by atoms with Crippen molar-refractivity contribution < 1.29 is 0 Å². The van der Waals surface area contributed by atoms with Crippen LogP contribution in [0.15, 0.2) is 18.2 Å². The SMILES string of the molecule is Cc1cc(C(C)(C)C)ccc1-c1nc(C)n(C)c1C#N. The molecule has 0 fully saturated rings. The van der Waals surface area contributed by atoms with Gasteiger partial charge in [-0.3, -0.25) is 0 Å². The van der Waals surface area contributed by atoms with E-state index >= 15 is 0 Å². The van der Waals surface area contributed by atoms with Crippen LogP contribution in [-0.2, 0) is 12.5 Å². The molecular formula is C17H21N3. The van der Waals surface area contributed by atoms with Gasteiger partial charge in [-0.2, -0.15) is 5.26 Å². The predicted molar refractivity (Wildman–Crippen MR) is 81.5 cm³/mol. The average Bonchev–Trinajstić information content (AvgIpc) is 2.64. The molecular weight excluding hydrogens is 246 g/mol. The maximum absolute atomic E-state index is 9.34. The standard InChI is InChI=1S/C17H21N3/c1-11-9-13(17(3,4)5)7-8-14(11)16-15(10-18)20(6)12(2)19-16/h7-9H,1-6H3. The summed E-state index contributed by atoms with van der Waals surface area (Å²) in [7, 11) is 1.88. The molecule has 1 aromatic carbocycles. The minimum absolute atomic E-state index is 0.126. The predicted octanol–water partition coefficient (Wildman–Crippen LogP) is 3.87. The van der Waals surface area contributed by atoms with Gasteiger partial charge in [0.2, 0.25) is 0 Å². The highest BCUT2D eigenvalue weighted by Gasteiger charge is 2.18. The second kappa shape index (κ2) is 4.79. The van der Waals surface area contributed by atoms with Crippen molar-refractivity contribution >= 4 is 0 Å².